The lowest BCUT2D eigenvalue weighted by molar-refractivity contribution is 0.0910. The van der Waals surface area contributed by atoms with Gasteiger partial charge in [-0.2, -0.15) is 0 Å². The molecule has 2 aliphatic rings. The molecule has 2 rings (SSSR count). The fraction of sp³-hybridized carbons (Fsp3) is 0.778. The molecule has 2 nitrogen and oxygen atoms in total. The monoisotopic (exact) mass is 154 g/mol. The molecule has 0 bridgehead atoms. The maximum Gasteiger partial charge on any atom is 0.101 e. The Morgan fingerprint density at radius 3 is 2.91 bits per heavy atom. The van der Waals surface area contributed by atoms with Gasteiger partial charge in [-0.25, -0.2) is 0 Å². The molecule has 3 unspecified atom stereocenters. The van der Waals surface area contributed by atoms with Crippen molar-refractivity contribution in [1.82, 2.24) is 0 Å². The zero-order chi connectivity index (χ0) is 7.84. The molecular weight excluding hydrogens is 140 g/mol. The SMILES string of the molecule is C=C(C)OC1CCC2OC2C1. The molecule has 1 aliphatic heterocycles. The minimum absolute atomic E-state index is 0.372. The molecule has 0 aromatic carbocycles. The van der Waals surface area contributed by atoms with E-state index in [-0.39, 0.29) is 0 Å². The zero-order valence-electron chi connectivity index (χ0n) is 6.88. The molecule has 1 saturated carbocycles. The first-order valence-electron chi connectivity index (χ1n) is 4.23. The minimum atomic E-state index is 0.372. The summed E-state index contributed by atoms with van der Waals surface area (Å²) in [7, 11) is 0. The molecule has 2 heteroatoms. The summed E-state index contributed by atoms with van der Waals surface area (Å²) < 4.78 is 10.9. The smallest absolute Gasteiger partial charge is 0.101 e. The van der Waals surface area contributed by atoms with Crippen LogP contribution < -0.4 is 0 Å². The lowest BCUT2D eigenvalue weighted by atomic mass is 9.98. The van der Waals surface area contributed by atoms with E-state index in [9.17, 15) is 0 Å². The Labute approximate surface area is 67.2 Å². The van der Waals surface area contributed by atoms with Crippen LogP contribution in [0, 0.1) is 0 Å². The fourth-order valence-electron chi connectivity index (χ4n) is 1.76. The van der Waals surface area contributed by atoms with Crippen molar-refractivity contribution >= 4 is 0 Å². The van der Waals surface area contributed by atoms with E-state index < -0.39 is 0 Å². The predicted molar refractivity (Wildman–Crippen MR) is 42.2 cm³/mol. The summed E-state index contributed by atoms with van der Waals surface area (Å²) >= 11 is 0. The van der Waals surface area contributed by atoms with Gasteiger partial charge in [0, 0.05) is 6.42 Å². The van der Waals surface area contributed by atoms with Crippen LogP contribution in [-0.4, -0.2) is 18.3 Å². The first kappa shape index (κ1) is 7.17. The number of hydrogen-bond acceptors (Lipinski definition) is 2. The molecule has 0 amide bonds. The molecule has 0 aromatic heterocycles. The summed E-state index contributed by atoms with van der Waals surface area (Å²) in [6.07, 6.45) is 4.82. The summed E-state index contributed by atoms with van der Waals surface area (Å²) in [5.74, 6) is 0.828. The summed E-state index contributed by atoms with van der Waals surface area (Å²) in [5.41, 5.74) is 0. The van der Waals surface area contributed by atoms with Crippen LogP contribution in [0.5, 0.6) is 0 Å². The Morgan fingerprint density at radius 2 is 2.27 bits per heavy atom. The Bertz CT molecular complexity index is 176. The number of fused-ring (bicyclic) bond motifs is 1. The van der Waals surface area contributed by atoms with Gasteiger partial charge in [-0.1, -0.05) is 6.58 Å². The number of hydrogen-bond donors (Lipinski definition) is 0. The lowest BCUT2D eigenvalue weighted by Gasteiger charge is -2.20. The maximum absolute atomic E-state index is 5.51. The van der Waals surface area contributed by atoms with Crippen molar-refractivity contribution < 1.29 is 9.47 Å². The van der Waals surface area contributed by atoms with Crippen molar-refractivity contribution in [3.63, 3.8) is 0 Å². The first-order chi connectivity index (χ1) is 5.25. The van der Waals surface area contributed by atoms with Crippen molar-refractivity contribution in [2.45, 2.75) is 44.5 Å². The summed E-state index contributed by atoms with van der Waals surface area (Å²) in [4.78, 5) is 0. The molecule has 1 aliphatic carbocycles. The standard InChI is InChI=1S/C9H14O2/c1-6(2)10-7-3-4-8-9(5-7)11-8/h7-9H,1,3-5H2,2H3. The molecule has 0 N–H and O–H groups in total. The van der Waals surface area contributed by atoms with Crippen LogP contribution in [0.15, 0.2) is 12.3 Å². The number of ether oxygens (including phenoxy) is 2. The van der Waals surface area contributed by atoms with E-state index in [4.69, 9.17) is 9.47 Å². The normalized spacial score (nSPS) is 41.0. The van der Waals surface area contributed by atoms with Crippen LogP contribution in [0.3, 0.4) is 0 Å². The minimum Gasteiger partial charge on any atom is -0.496 e. The predicted octanol–water partition coefficient (Wildman–Crippen LogP) is 1.86. The van der Waals surface area contributed by atoms with Crippen molar-refractivity contribution in [1.29, 1.82) is 0 Å². The van der Waals surface area contributed by atoms with E-state index in [2.05, 4.69) is 6.58 Å². The Hall–Kier alpha value is -0.500. The van der Waals surface area contributed by atoms with E-state index >= 15 is 0 Å². The molecule has 1 saturated heterocycles. The highest BCUT2D eigenvalue weighted by Crippen LogP contribution is 2.37. The van der Waals surface area contributed by atoms with Gasteiger partial charge in [-0.3, -0.25) is 0 Å². The van der Waals surface area contributed by atoms with Gasteiger partial charge in [-0.15, -0.1) is 0 Å². The number of epoxide rings is 1. The van der Waals surface area contributed by atoms with Crippen LogP contribution in [0.2, 0.25) is 0 Å². The maximum atomic E-state index is 5.51. The van der Waals surface area contributed by atoms with Crippen LogP contribution in [-0.2, 0) is 9.47 Å². The van der Waals surface area contributed by atoms with Crippen molar-refractivity contribution in [3.05, 3.63) is 12.3 Å². The fourth-order valence-corrected chi connectivity index (χ4v) is 1.76. The zero-order valence-corrected chi connectivity index (χ0v) is 6.88. The second kappa shape index (κ2) is 2.52. The number of rotatable bonds is 2. The van der Waals surface area contributed by atoms with E-state index in [1.165, 1.54) is 6.42 Å². The van der Waals surface area contributed by atoms with Gasteiger partial charge in [0.05, 0.1) is 18.0 Å². The van der Waals surface area contributed by atoms with Gasteiger partial charge in [0.15, 0.2) is 0 Å². The average molecular weight is 154 g/mol. The summed E-state index contributed by atoms with van der Waals surface area (Å²) in [6.45, 7) is 5.63. The Kier molecular flexibility index (Phi) is 1.64. The molecule has 11 heavy (non-hydrogen) atoms. The highest BCUT2D eigenvalue weighted by atomic mass is 16.6. The second-order valence-electron chi connectivity index (χ2n) is 3.47. The van der Waals surface area contributed by atoms with Gasteiger partial charge in [0.25, 0.3) is 0 Å². The quantitative estimate of drug-likeness (QED) is 0.447. The second-order valence-corrected chi connectivity index (χ2v) is 3.47. The van der Waals surface area contributed by atoms with Gasteiger partial charge >= 0.3 is 0 Å². The number of allylic oxidation sites excluding steroid dienone is 1. The molecular formula is C9H14O2. The average Bonchev–Trinajstić information content (AvgIpc) is 2.63. The van der Waals surface area contributed by atoms with E-state index in [0.29, 0.717) is 18.3 Å². The van der Waals surface area contributed by atoms with Crippen molar-refractivity contribution in [2.75, 3.05) is 0 Å². The summed E-state index contributed by atoms with van der Waals surface area (Å²) in [5, 5.41) is 0. The first-order valence-corrected chi connectivity index (χ1v) is 4.23. The van der Waals surface area contributed by atoms with E-state index in [1.807, 2.05) is 6.92 Å². The topological polar surface area (TPSA) is 21.8 Å². The van der Waals surface area contributed by atoms with E-state index in [1.54, 1.807) is 0 Å². The molecule has 1 heterocycles. The highest BCUT2D eigenvalue weighted by Gasteiger charge is 2.44. The summed E-state index contributed by atoms with van der Waals surface area (Å²) in [6, 6.07) is 0. The molecule has 0 radical (unpaired) electrons. The van der Waals surface area contributed by atoms with E-state index in [0.717, 1.165) is 18.6 Å². The molecule has 2 fully saturated rings. The van der Waals surface area contributed by atoms with Gasteiger partial charge in [0.2, 0.25) is 0 Å². The third kappa shape index (κ3) is 1.56. The van der Waals surface area contributed by atoms with Crippen LogP contribution in [0.1, 0.15) is 26.2 Å². The third-order valence-corrected chi connectivity index (χ3v) is 2.32. The van der Waals surface area contributed by atoms with Gasteiger partial charge in [-0.05, 0) is 19.8 Å². The van der Waals surface area contributed by atoms with Crippen LogP contribution >= 0.6 is 0 Å². The Balaban J connectivity index is 1.81. The lowest BCUT2D eigenvalue weighted by Crippen LogP contribution is -2.20. The molecule has 0 spiro atoms. The van der Waals surface area contributed by atoms with Crippen LogP contribution in [0.4, 0.5) is 0 Å². The van der Waals surface area contributed by atoms with Crippen molar-refractivity contribution in [2.24, 2.45) is 0 Å². The molecule has 62 valence electrons. The highest BCUT2D eigenvalue weighted by molar-refractivity contribution is 4.93. The van der Waals surface area contributed by atoms with Crippen molar-refractivity contribution in [3.8, 4) is 0 Å². The van der Waals surface area contributed by atoms with Crippen LogP contribution in [0.25, 0.3) is 0 Å². The largest absolute Gasteiger partial charge is 0.496 e. The third-order valence-electron chi connectivity index (χ3n) is 2.32. The van der Waals surface area contributed by atoms with Gasteiger partial charge in [0.1, 0.15) is 6.10 Å². The Morgan fingerprint density at radius 1 is 1.45 bits per heavy atom. The molecule has 3 atom stereocenters. The van der Waals surface area contributed by atoms with Gasteiger partial charge < -0.3 is 9.47 Å². The molecule has 0 aromatic rings.